The Kier molecular flexibility index (Phi) is 1.94. The molecule has 2 heterocycles. The summed E-state index contributed by atoms with van der Waals surface area (Å²) in [6.45, 7) is 0. The average molecular weight is 191 g/mol. The lowest BCUT2D eigenvalue weighted by Crippen LogP contribution is -2.22. The largest absolute Gasteiger partial charge is 0.480 e. The van der Waals surface area contributed by atoms with Crippen LogP contribution in [0.25, 0.3) is 5.52 Å². The molecule has 0 aliphatic carbocycles. The van der Waals surface area contributed by atoms with Crippen molar-refractivity contribution in [1.82, 2.24) is 9.38 Å². The van der Waals surface area contributed by atoms with Gasteiger partial charge in [-0.25, -0.2) is 4.98 Å². The number of rotatable bonds is 2. The highest BCUT2D eigenvalue weighted by Crippen LogP contribution is 2.13. The van der Waals surface area contributed by atoms with Crippen LogP contribution in [0, 0.1) is 0 Å². The Bertz CT molecular complexity index is 478. The quantitative estimate of drug-likeness (QED) is 0.720. The summed E-state index contributed by atoms with van der Waals surface area (Å²) in [6, 6.07) is 4.25. The smallest absolute Gasteiger partial charge is 0.326 e. The molecule has 0 amide bonds. The van der Waals surface area contributed by atoms with Crippen molar-refractivity contribution in [3.8, 4) is 0 Å². The van der Waals surface area contributed by atoms with Gasteiger partial charge in [0, 0.05) is 0 Å². The third-order valence-corrected chi connectivity index (χ3v) is 2.06. The van der Waals surface area contributed by atoms with Crippen molar-refractivity contribution in [2.75, 3.05) is 0 Å². The SMILES string of the molecule is NC(C(=O)O)c1cccc2cncn12. The molecule has 0 saturated heterocycles. The number of carboxylic acids is 1. The van der Waals surface area contributed by atoms with E-state index in [4.69, 9.17) is 10.8 Å². The van der Waals surface area contributed by atoms with Crippen molar-refractivity contribution >= 4 is 11.5 Å². The second-order valence-electron chi connectivity index (χ2n) is 2.96. The summed E-state index contributed by atoms with van der Waals surface area (Å²) in [4.78, 5) is 14.6. The third kappa shape index (κ3) is 1.23. The standard InChI is InChI=1S/C9H9N3O2/c10-8(9(13)14)7-3-1-2-6-4-11-5-12(6)7/h1-5,8H,10H2,(H,13,14). The fourth-order valence-electron chi connectivity index (χ4n) is 1.35. The molecule has 1 unspecified atom stereocenters. The molecule has 5 nitrogen and oxygen atoms in total. The Hall–Kier alpha value is -1.88. The van der Waals surface area contributed by atoms with Gasteiger partial charge in [-0.15, -0.1) is 0 Å². The van der Waals surface area contributed by atoms with Gasteiger partial charge in [-0.2, -0.15) is 0 Å². The molecule has 0 spiro atoms. The molecule has 0 aromatic carbocycles. The number of carbonyl (C=O) groups is 1. The number of carboxylic acid groups (broad SMARTS) is 1. The molecule has 72 valence electrons. The second kappa shape index (κ2) is 3.12. The fraction of sp³-hybridized carbons (Fsp3) is 0.111. The van der Waals surface area contributed by atoms with E-state index in [1.807, 2.05) is 6.07 Å². The predicted octanol–water partition coefficient (Wildman–Crippen LogP) is 0.419. The number of nitrogens with zero attached hydrogens (tertiary/aromatic N) is 2. The lowest BCUT2D eigenvalue weighted by molar-refractivity contribution is -0.138. The number of pyridine rings is 1. The molecule has 2 aromatic heterocycles. The van der Waals surface area contributed by atoms with Crippen molar-refractivity contribution < 1.29 is 9.90 Å². The minimum atomic E-state index is -1.05. The van der Waals surface area contributed by atoms with Gasteiger partial charge in [0.15, 0.2) is 0 Å². The highest BCUT2D eigenvalue weighted by molar-refractivity contribution is 5.75. The zero-order valence-corrected chi connectivity index (χ0v) is 7.29. The minimum absolute atomic E-state index is 0.521. The van der Waals surface area contributed by atoms with Gasteiger partial charge in [0.1, 0.15) is 6.04 Å². The number of fused-ring (bicyclic) bond motifs is 1. The lowest BCUT2D eigenvalue weighted by atomic mass is 10.2. The molecule has 0 aliphatic rings. The number of nitrogens with two attached hydrogens (primary N) is 1. The van der Waals surface area contributed by atoms with Crippen LogP contribution in [0.1, 0.15) is 11.7 Å². The van der Waals surface area contributed by atoms with Crippen molar-refractivity contribution in [3.05, 3.63) is 36.4 Å². The molecule has 2 rings (SSSR count). The van der Waals surface area contributed by atoms with Crippen LogP contribution >= 0.6 is 0 Å². The number of imidazole rings is 1. The van der Waals surface area contributed by atoms with Gasteiger partial charge in [-0.1, -0.05) is 6.07 Å². The molecular weight excluding hydrogens is 182 g/mol. The van der Waals surface area contributed by atoms with Crippen molar-refractivity contribution in [1.29, 1.82) is 0 Å². The fourth-order valence-corrected chi connectivity index (χ4v) is 1.35. The maximum Gasteiger partial charge on any atom is 0.326 e. The zero-order chi connectivity index (χ0) is 10.1. The Morgan fingerprint density at radius 2 is 2.36 bits per heavy atom. The van der Waals surface area contributed by atoms with Crippen LogP contribution in [0.4, 0.5) is 0 Å². The molecule has 5 heteroatoms. The van der Waals surface area contributed by atoms with Gasteiger partial charge in [0.2, 0.25) is 0 Å². The first-order valence-electron chi connectivity index (χ1n) is 4.09. The van der Waals surface area contributed by atoms with Crippen molar-refractivity contribution in [2.24, 2.45) is 5.73 Å². The lowest BCUT2D eigenvalue weighted by Gasteiger charge is -2.08. The van der Waals surface area contributed by atoms with E-state index < -0.39 is 12.0 Å². The molecule has 2 aromatic rings. The maximum absolute atomic E-state index is 10.7. The minimum Gasteiger partial charge on any atom is -0.480 e. The molecule has 14 heavy (non-hydrogen) atoms. The van der Waals surface area contributed by atoms with E-state index in [1.54, 1.807) is 29.1 Å². The zero-order valence-electron chi connectivity index (χ0n) is 7.29. The number of hydrogen-bond donors (Lipinski definition) is 2. The van der Waals surface area contributed by atoms with Crippen LogP contribution in [0.2, 0.25) is 0 Å². The van der Waals surface area contributed by atoms with Gasteiger partial charge >= 0.3 is 5.97 Å². The van der Waals surface area contributed by atoms with Crippen LogP contribution in [0.3, 0.4) is 0 Å². The number of aliphatic carboxylic acids is 1. The molecule has 0 fully saturated rings. The van der Waals surface area contributed by atoms with Gasteiger partial charge in [0.05, 0.1) is 23.7 Å². The highest BCUT2D eigenvalue weighted by Gasteiger charge is 2.16. The van der Waals surface area contributed by atoms with Crippen LogP contribution < -0.4 is 5.73 Å². The van der Waals surface area contributed by atoms with Gasteiger partial charge in [-0.3, -0.25) is 4.79 Å². The van der Waals surface area contributed by atoms with Gasteiger partial charge in [0.25, 0.3) is 0 Å². The first-order valence-corrected chi connectivity index (χ1v) is 4.09. The van der Waals surface area contributed by atoms with Crippen LogP contribution in [0.5, 0.6) is 0 Å². The van der Waals surface area contributed by atoms with Crippen LogP contribution in [-0.4, -0.2) is 20.5 Å². The summed E-state index contributed by atoms with van der Waals surface area (Å²) in [5.74, 6) is -1.05. The topological polar surface area (TPSA) is 80.6 Å². The number of aromatic nitrogens is 2. The van der Waals surface area contributed by atoms with Crippen LogP contribution in [0.15, 0.2) is 30.7 Å². The normalized spacial score (nSPS) is 12.9. The first kappa shape index (κ1) is 8.71. The molecule has 1 atom stereocenters. The van der Waals surface area contributed by atoms with E-state index in [2.05, 4.69) is 4.98 Å². The van der Waals surface area contributed by atoms with E-state index >= 15 is 0 Å². The van der Waals surface area contributed by atoms with E-state index in [0.29, 0.717) is 5.69 Å². The second-order valence-corrected chi connectivity index (χ2v) is 2.96. The van der Waals surface area contributed by atoms with E-state index in [9.17, 15) is 4.79 Å². The van der Waals surface area contributed by atoms with E-state index in [-0.39, 0.29) is 0 Å². The van der Waals surface area contributed by atoms with E-state index in [1.165, 1.54) is 0 Å². The molecule has 0 bridgehead atoms. The molecule has 3 N–H and O–H groups in total. The van der Waals surface area contributed by atoms with Gasteiger partial charge in [-0.05, 0) is 12.1 Å². The molecule has 0 aliphatic heterocycles. The first-order chi connectivity index (χ1) is 6.70. The summed E-state index contributed by atoms with van der Waals surface area (Å²) in [5.41, 5.74) is 6.87. The number of hydrogen-bond acceptors (Lipinski definition) is 3. The predicted molar refractivity (Wildman–Crippen MR) is 49.8 cm³/mol. The van der Waals surface area contributed by atoms with Crippen molar-refractivity contribution in [2.45, 2.75) is 6.04 Å². The maximum atomic E-state index is 10.7. The summed E-state index contributed by atoms with van der Waals surface area (Å²) >= 11 is 0. The van der Waals surface area contributed by atoms with Gasteiger partial charge < -0.3 is 15.2 Å². The Balaban J connectivity index is 2.61. The molecule has 0 saturated carbocycles. The van der Waals surface area contributed by atoms with Crippen molar-refractivity contribution in [3.63, 3.8) is 0 Å². The molecular formula is C9H9N3O2. The summed E-state index contributed by atoms with van der Waals surface area (Å²) in [6.07, 6.45) is 3.20. The molecule has 0 radical (unpaired) electrons. The third-order valence-electron chi connectivity index (χ3n) is 2.06. The average Bonchev–Trinajstić information content (AvgIpc) is 2.63. The summed E-state index contributed by atoms with van der Waals surface area (Å²) in [7, 11) is 0. The van der Waals surface area contributed by atoms with E-state index in [0.717, 1.165) is 5.52 Å². The summed E-state index contributed by atoms with van der Waals surface area (Å²) in [5, 5.41) is 8.77. The Labute approximate surface area is 79.8 Å². The Morgan fingerprint density at radius 3 is 3.07 bits per heavy atom. The highest BCUT2D eigenvalue weighted by atomic mass is 16.4. The monoisotopic (exact) mass is 191 g/mol. The van der Waals surface area contributed by atoms with Crippen LogP contribution in [-0.2, 0) is 4.79 Å². The summed E-state index contributed by atoms with van der Waals surface area (Å²) < 4.78 is 1.67. The Morgan fingerprint density at radius 1 is 1.57 bits per heavy atom.